The Labute approximate surface area is 132 Å². The number of hydrogen-bond donors (Lipinski definition) is 1. The number of nitrogens with zero attached hydrogens (tertiary/aromatic N) is 1. The maximum atomic E-state index is 12.9. The number of rotatable bonds is 5. The first-order chi connectivity index (χ1) is 9.84. The molecule has 2 rings (SSSR count). The quantitative estimate of drug-likeness (QED) is 0.903. The van der Waals surface area contributed by atoms with E-state index < -0.39 is 10.0 Å². The third-order valence-electron chi connectivity index (χ3n) is 3.93. The van der Waals surface area contributed by atoms with E-state index in [-0.39, 0.29) is 0 Å². The van der Waals surface area contributed by atoms with Crippen molar-refractivity contribution in [2.45, 2.75) is 45.6 Å². The second-order valence-electron chi connectivity index (χ2n) is 6.18. The smallest absolute Gasteiger partial charge is 0.244 e. The van der Waals surface area contributed by atoms with Crippen LogP contribution in [0.2, 0.25) is 0 Å². The zero-order chi connectivity index (χ0) is 15.6. The predicted octanol–water partition coefficient (Wildman–Crippen LogP) is 2.83. The Bertz CT molecular complexity index is 570. The fourth-order valence-electron chi connectivity index (χ4n) is 3.06. The van der Waals surface area contributed by atoms with Crippen LogP contribution in [0.15, 0.2) is 11.0 Å². The van der Waals surface area contributed by atoms with Crippen LogP contribution in [0, 0.1) is 18.8 Å². The van der Waals surface area contributed by atoms with Crippen LogP contribution in [0.4, 0.5) is 0 Å². The van der Waals surface area contributed by atoms with Crippen molar-refractivity contribution in [1.82, 2.24) is 9.62 Å². The Morgan fingerprint density at radius 2 is 1.95 bits per heavy atom. The van der Waals surface area contributed by atoms with Gasteiger partial charge in [0.15, 0.2) is 0 Å². The van der Waals surface area contributed by atoms with Crippen LogP contribution < -0.4 is 5.32 Å². The highest BCUT2D eigenvalue weighted by atomic mass is 32.2. The van der Waals surface area contributed by atoms with Crippen molar-refractivity contribution in [3.63, 3.8) is 0 Å². The summed E-state index contributed by atoms with van der Waals surface area (Å²) in [4.78, 5) is 2.49. The lowest BCUT2D eigenvalue weighted by atomic mass is 9.94. The zero-order valence-electron chi connectivity index (χ0n) is 13.3. The Kier molecular flexibility index (Phi) is 5.46. The molecule has 1 aliphatic rings. The molecule has 2 unspecified atom stereocenters. The van der Waals surface area contributed by atoms with Gasteiger partial charge in [0.2, 0.25) is 10.0 Å². The van der Waals surface area contributed by atoms with Gasteiger partial charge in [-0.3, -0.25) is 0 Å². The molecule has 2 atom stereocenters. The number of thiophene rings is 1. The largest absolute Gasteiger partial charge is 0.312 e. The summed E-state index contributed by atoms with van der Waals surface area (Å²) in [6.45, 7) is 11.1. The van der Waals surface area contributed by atoms with E-state index in [0.717, 1.165) is 29.3 Å². The fourth-order valence-corrected chi connectivity index (χ4v) is 6.31. The number of sulfonamides is 1. The van der Waals surface area contributed by atoms with E-state index in [2.05, 4.69) is 26.1 Å². The van der Waals surface area contributed by atoms with Gasteiger partial charge in [-0.05, 0) is 37.8 Å². The lowest BCUT2D eigenvalue weighted by Crippen LogP contribution is -2.42. The van der Waals surface area contributed by atoms with Gasteiger partial charge in [0.05, 0.1) is 4.90 Å². The molecule has 1 aromatic heterocycles. The normalized spacial score (nSPS) is 24.4. The van der Waals surface area contributed by atoms with Crippen LogP contribution in [0.25, 0.3) is 0 Å². The van der Waals surface area contributed by atoms with Crippen molar-refractivity contribution in [3.8, 4) is 0 Å². The van der Waals surface area contributed by atoms with Crippen LogP contribution in [-0.4, -0.2) is 32.4 Å². The minimum Gasteiger partial charge on any atom is -0.312 e. The molecule has 4 nitrogen and oxygen atoms in total. The summed E-state index contributed by atoms with van der Waals surface area (Å²) < 4.78 is 27.5. The number of hydrogen-bond acceptors (Lipinski definition) is 4. The fraction of sp³-hybridized carbons (Fsp3) is 0.733. The summed E-state index contributed by atoms with van der Waals surface area (Å²) in [6, 6.07) is 1.85. The number of nitrogens with one attached hydrogen (secondary N) is 1. The van der Waals surface area contributed by atoms with Crippen LogP contribution >= 0.6 is 11.3 Å². The summed E-state index contributed by atoms with van der Waals surface area (Å²) in [7, 11) is -3.35. The monoisotopic (exact) mass is 330 g/mol. The molecule has 1 aromatic rings. The van der Waals surface area contributed by atoms with Gasteiger partial charge in [-0.2, -0.15) is 4.31 Å². The third kappa shape index (κ3) is 3.86. The van der Waals surface area contributed by atoms with E-state index in [1.54, 1.807) is 15.6 Å². The van der Waals surface area contributed by atoms with Gasteiger partial charge in [-0.1, -0.05) is 20.8 Å². The molecule has 0 amide bonds. The minimum absolute atomic E-state index is 0.434. The lowest BCUT2D eigenvalue weighted by Gasteiger charge is -2.34. The van der Waals surface area contributed by atoms with Gasteiger partial charge >= 0.3 is 0 Å². The molecule has 1 saturated heterocycles. The second kappa shape index (κ2) is 6.77. The molecule has 6 heteroatoms. The summed E-state index contributed by atoms with van der Waals surface area (Å²) in [5, 5.41) is 3.25. The molecule has 21 heavy (non-hydrogen) atoms. The van der Waals surface area contributed by atoms with Crippen molar-refractivity contribution in [2.75, 3.05) is 19.6 Å². The standard InChI is InChI=1S/C15H26N2O2S2/c1-5-16-8-14-7-15(13(4)20-14)21(18,19)17-9-11(2)6-12(3)10-17/h7,11-12,16H,5-6,8-10H2,1-4H3. The molecule has 0 aromatic carbocycles. The van der Waals surface area contributed by atoms with Gasteiger partial charge in [0, 0.05) is 29.4 Å². The Hall–Kier alpha value is -0.430. The average Bonchev–Trinajstić information content (AvgIpc) is 2.77. The predicted molar refractivity (Wildman–Crippen MR) is 88.1 cm³/mol. The molecule has 1 N–H and O–H groups in total. The molecule has 0 bridgehead atoms. The molecule has 120 valence electrons. The summed E-state index contributed by atoms with van der Waals surface area (Å²) in [6.07, 6.45) is 1.11. The maximum absolute atomic E-state index is 12.9. The van der Waals surface area contributed by atoms with Gasteiger partial charge < -0.3 is 5.32 Å². The third-order valence-corrected chi connectivity index (χ3v) is 7.06. The molecule has 1 fully saturated rings. The SMILES string of the molecule is CCNCc1cc(S(=O)(=O)N2CC(C)CC(C)C2)c(C)s1. The molecular weight excluding hydrogens is 304 g/mol. The highest BCUT2D eigenvalue weighted by Gasteiger charge is 2.33. The van der Waals surface area contributed by atoms with Crippen molar-refractivity contribution in [2.24, 2.45) is 11.8 Å². The molecule has 1 aliphatic heterocycles. The Morgan fingerprint density at radius 1 is 1.33 bits per heavy atom. The minimum atomic E-state index is -3.35. The number of piperidine rings is 1. The molecule has 0 spiro atoms. The van der Waals surface area contributed by atoms with E-state index in [9.17, 15) is 8.42 Å². The highest BCUT2D eigenvalue weighted by Crippen LogP contribution is 2.31. The van der Waals surface area contributed by atoms with Crippen LogP contribution in [-0.2, 0) is 16.6 Å². The van der Waals surface area contributed by atoms with Gasteiger partial charge in [0.1, 0.15) is 0 Å². The van der Waals surface area contributed by atoms with E-state index in [4.69, 9.17) is 0 Å². The molecule has 0 aliphatic carbocycles. The van der Waals surface area contributed by atoms with Crippen molar-refractivity contribution >= 4 is 21.4 Å². The summed E-state index contributed by atoms with van der Waals surface area (Å²) >= 11 is 1.58. The Morgan fingerprint density at radius 3 is 2.52 bits per heavy atom. The second-order valence-corrected chi connectivity index (χ2v) is 9.43. The van der Waals surface area contributed by atoms with E-state index >= 15 is 0 Å². The van der Waals surface area contributed by atoms with Crippen LogP contribution in [0.3, 0.4) is 0 Å². The molecule has 0 radical (unpaired) electrons. The van der Waals surface area contributed by atoms with E-state index in [1.807, 2.05) is 13.0 Å². The summed E-state index contributed by atoms with van der Waals surface area (Å²) in [5.74, 6) is 0.868. The lowest BCUT2D eigenvalue weighted by molar-refractivity contribution is 0.222. The molecule has 2 heterocycles. The van der Waals surface area contributed by atoms with E-state index in [0.29, 0.717) is 29.8 Å². The van der Waals surface area contributed by atoms with Crippen LogP contribution in [0.1, 0.15) is 36.9 Å². The molecular formula is C15H26N2O2S2. The van der Waals surface area contributed by atoms with Gasteiger partial charge in [-0.15, -0.1) is 11.3 Å². The van der Waals surface area contributed by atoms with Crippen molar-refractivity contribution < 1.29 is 8.42 Å². The molecule has 0 saturated carbocycles. The average molecular weight is 331 g/mol. The zero-order valence-corrected chi connectivity index (χ0v) is 15.0. The topological polar surface area (TPSA) is 49.4 Å². The van der Waals surface area contributed by atoms with Gasteiger partial charge in [0.25, 0.3) is 0 Å². The number of aryl methyl sites for hydroxylation is 1. The summed E-state index contributed by atoms with van der Waals surface area (Å²) in [5.41, 5.74) is 0. The first-order valence-corrected chi connectivity index (χ1v) is 9.90. The first-order valence-electron chi connectivity index (χ1n) is 7.64. The van der Waals surface area contributed by atoms with Crippen molar-refractivity contribution in [1.29, 1.82) is 0 Å². The van der Waals surface area contributed by atoms with Gasteiger partial charge in [-0.25, -0.2) is 8.42 Å². The van der Waals surface area contributed by atoms with Crippen molar-refractivity contribution in [3.05, 3.63) is 15.8 Å². The van der Waals surface area contributed by atoms with Crippen LogP contribution in [0.5, 0.6) is 0 Å². The first kappa shape index (κ1) is 16.9. The Balaban J connectivity index is 2.24. The maximum Gasteiger partial charge on any atom is 0.244 e. The van der Waals surface area contributed by atoms with E-state index in [1.165, 1.54) is 0 Å². The highest BCUT2D eigenvalue weighted by molar-refractivity contribution is 7.89.